The van der Waals surface area contributed by atoms with Gasteiger partial charge < -0.3 is 10.4 Å². The van der Waals surface area contributed by atoms with Crippen molar-refractivity contribution in [3.05, 3.63) is 33.9 Å². The molecule has 2 N–H and O–H groups in total. The zero-order valence-electron chi connectivity index (χ0n) is 9.43. The molecule has 1 saturated heterocycles. The van der Waals surface area contributed by atoms with Crippen LogP contribution in [0.5, 0.6) is 5.75 Å². The Hall–Kier alpha value is -1.66. The zero-order valence-corrected chi connectivity index (χ0v) is 9.43. The van der Waals surface area contributed by atoms with Crippen LogP contribution in [-0.2, 0) is 6.54 Å². The lowest BCUT2D eigenvalue weighted by Crippen LogP contribution is -2.42. The molecule has 0 aromatic heterocycles. The molecule has 2 rings (SSSR count). The summed E-state index contributed by atoms with van der Waals surface area (Å²) in [6.07, 6.45) is 0. The van der Waals surface area contributed by atoms with E-state index < -0.39 is 4.92 Å². The van der Waals surface area contributed by atoms with E-state index in [0.717, 1.165) is 31.7 Å². The third kappa shape index (κ3) is 2.92. The number of piperazine rings is 1. The van der Waals surface area contributed by atoms with Crippen molar-refractivity contribution in [3.8, 4) is 5.75 Å². The summed E-state index contributed by atoms with van der Waals surface area (Å²) >= 11 is 0. The van der Waals surface area contributed by atoms with Crippen molar-refractivity contribution in [1.29, 1.82) is 0 Å². The standard InChI is InChI=1S/C11H15N3O3/c15-11-7-9(1-2-10(11)14(16)17)8-13-5-3-12-4-6-13/h1-2,7,12,15H,3-6,8H2. The van der Waals surface area contributed by atoms with Crippen LogP contribution >= 0.6 is 0 Å². The number of nitro benzene ring substituents is 1. The molecule has 0 unspecified atom stereocenters. The number of hydrogen-bond acceptors (Lipinski definition) is 5. The quantitative estimate of drug-likeness (QED) is 0.597. The van der Waals surface area contributed by atoms with Crippen molar-refractivity contribution >= 4 is 5.69 Å². The van der Waals surface area contributed by atoms with Crippen LogP contribution in [0.1, 0.15) is 5.56 Å². The molecule has 92 valence electrons. The molecule has 1 fully saturated rings. The Morgan fingerprint density at radius 1 is 1.41 bits per heavy atom. The highest BCUT2D eigenvalue weighted by molar-refractivity contribution is 5.47. The first-order valence-electron chi connectivity index (χ1n) is 5.56. The Labute approximate surface area is 99.0 Å². The average Bonchev–Trinajstić information content (AvgIpc) is 2.30. The van der Waals surface area contributed by atoms with Gasteiger partial charge in [0.25, 0.3) is 0 Å². The van der Waals surface area contributed by atoms with Gasteiger partial charge >= 0.3 is 5.69 Å². The van der Waals surface area contributed by atoms with Gasteiger partial charge in [0.2, 0.25) is 0 Å². The summed E-state index contributed by atoms with van der Waals surface area (Å²) in [4.78, 5) is 12.2. The van der Waals surface area contributed by atoms with Gasteiger partial charge in [-0.3, -0.25) is 15.0 Å². The highest BCUT2D eigenvalue weighted by atomic mass is 16.6. The van der Waals surface area contributed by atoms with Gasteiger partial charge in [0.05, 0.1) is 4.92 Å². The van der Waals surface area contributed by atoms with Crippen molar-refractivity contribution in [2.24, 2.45) is 0 Å². The Bertz CT molecular complexity index is 416. The lowest BCUT2D eigenvalue weighted by atomic mass is 10.1. The number of hydrogen-bond donors (Lipinski definition) is 2. The van der Waals surface area contributed by atoms with Crippen LogP contribution in [0.3, 0.4) is 0 Å². The van der Waals surface area contributed by atoms with Crippen LogP contribution in [0.2, 0.25) is 0 Å². The molecule has 1 heterocycles. The molecule has 17 heavy (non-hydrogen) atoms. The average molecular weight is 237 g/mol. The topological polar surface area (TPSA) is 78.6 Å². The monoisotopic (exact) mass is 237 g/mol. The predicted molar refractivity (Wildman–Crippen MR) is 62.9 cm³/mol. The SMILES string of the molecule is O=[N+]([O-])c1ccc(CN2CCNCC2)cc1O. The Balaban J connectivity index is 2.06. The van der Waals surface area contributed by atoms with Gasteiger partial charge in [0.15, 0.2) is 5.75 Å². The van der Waals surface area contributed by atoms with Crippen molar-refractivity contribution < 1.29 is 10.0 Å². The molecule has 1 aromatic rings. The Morgan fingerprint density at radius 2 is 2.12 bits per heavy atom. The molecule has 1 aromatic carbocycles. The van der Waals surface area contributed by atoms with Crippen molar-refractivity contribution in [2.45, 2.75) is 6.54 Å². The van der Waals surface area contributed by atoms with E-state index in [4.69, 9.17) is 0 Å². The van der Waals surface area contributed by atoms with Gasteiger partial charge in [-0.05, 0) is 11.6 Å². The van der Waals surface area contributed by atoms with Crippen LogP contribution in [-0.4, -0.2) is 41.1 Å². The number of nitrogens with zero attached hydrogens (tertiary/aromatic N) is 2. The number of phenolic OH excluding ortho intramolecular Hbond substituents is 1. The minimum atomic E-state index is -0.579. The molecule has 6 heteroatoms. The van der Waals surface area contributed by atoms with Crippen LogP contribution in [0.25, 0.3) is 0 Å². The summed E-state index contributed by atoms with van der Waals surface area (Å²) in [6, 6.07) is 4.52. The van der Waals surface area contributed by atoms with E-state index in [1.54, 1.807) is 6.07 Å². The molecule has 0 aliphatic carbocycles. The Morgan fingerprint density at radius 3 is 2.71 bits per heavy atom. The molecule has 6 nitrogen and oxygen atoms in total. The van der Waals surface area contributed by atoms with Crippen molar-refractivity contribution in [1.82, 2.24) is 10.2 Å². The van der Waals surface area contributed by atoms with Gasteiger partial charge in [-0.25, -0.2) is 0 Å². The third-order valence-electron chi connectivity index (χ3n) is 2.85. The largest absolute Gasteiger partial charge is 0.502 e. The summed E-state index contributed by atoms with van der Waals surface area (Å²) in [7, 11) is 0. The Kier molecular flexibility index (Phi) is 3.55. The fourth-order valence-electron chi connectivity index (χ4n) is 1.95. The van der Waals surface area contributed by atoms with E-state index in [-0.39, 0.29) is 11.4 Å². The number of phenols is 1. The predicted octanol–water partition coefficient (Wildman–Crippen LogP) is 0.706. The van der Waals surface area contributed by atoms with Gasteiger partial charge in [-0.2, -0.15) is 0 Å². The van der Waals surface area contributed by atoms with E-state index in [1.807, 2.05) is 0 Å². The normalized spacial score (nSPS) is 16.9. The van der Waals surface area contributed by atoms with Crippen LogP contribution < -0.4 is 5.32 Å². The minimum absolute atomic E-state index is 0.242. The lowest BCUT2D eigenvalue weighted by Gasteiger charge is -2.27. The number of nitro groups is 1. The lowest BCUT2D eigenvalue weighted by molar-refractivity contribution is -0.385. The first-order valence-corrected chi connectivity index (χ1v) is 5.56. The molecule has 0 radical (unpaired) electrons. The van der Waals surface area contributed by atoms with Gasteiger partial charge in [-0.1, -0.05) is 6.07 Å². The maximum absolute atomic E-state index is 10.5. The maximum Gasteiger partial charge on any atom is 0.310 e. The molecular formula is C11H15N3O3. The number of benzene rings is 1. The molecule has 1 aliphatic heterocycles. The number of rotatable bonds is 3. The van der Waals surface area contributed by atoms with Gasteiger partial charge in [0, 0.05) is 38.8 Å². The second-order valence-corrected chi connectivity index (χ2v) is 4.11. The summed E-state index contributed by atoms with van der Waals surface area (Å²) in [5, 5.41) is 23.3. The highest BCUT2D eigenvalue weighted by Gasteiger charge is 2.15. The van der Waals surface area contributed by atoms with E-state index >= 15 is 0 Å². The summed E-state index contributed by atoms with van der Waals surface area (Å²) < 4.78 is 0. The first kappa shape index (κ1) is 11.8. The van der Waals surface area contributed by atoms with Gasteiger partial charge in [-0.15, -0.1) is 0 Å². The second kappa shape index (κ2) is 5.11. The summed E-state index contributed by atoms with van der Waals surface area (Å²) in [6.45, 7) is 4.54. The van der Waals surface area contributed by atoms with E-state index in [9.17, 15) is 15.2 Å². The number of nitrogens with one attached hydrogen (secondary N) is 1. The smallest absolute Gasteiger partial charge is 0.310 e. The molecule has 0 bridgehead atoms. The number of aromatic hydroxyl groups is 1. The fraction of sp³-hybridized carbons (Fsp3) is 0.455. The molecule has 1 aliphatic rings. The van der Waals surface area contributed by atoms with Crippen molar-refractivity contribution in [3.63, 3.8) is 0 Å². The molecular weight excluding hydrogens is 222 g/mol. The molecule has 0 atom stereocenters. The van der Waals surface area contributed by atoms with Crippen LogP contribution in [0.4, 0.5) is 5.69 Å². The summed E-state index contributed by atoms with van der Waals surface area (Å²) in [5.74, 6) is -0.261. The van der Waals surface area contributed by atoms with E-state index in [1.165, 1.54) is 12.1 Å². The maximum atomic E-state index is 10.5. The highest BCUT2D eigenvalue weighted by Crippen LogP contribution is 2.26. The van der Waals surface area contributed by atoms with Crippen LogP contribution in [0, 0.1) is 10.1 Å². The van der Waals surface area contributed by atoms with Gasteiger partial charge in [0.1, 0.15) is 0 Å². The molecule has 0 saturated carbocycles. The zero-order chi connectivity index (χ0) is 12.3. The minimum Gasteiger partial charge on any atom is -0.502 e. The first-order chi connectivity index (χ1) is 8.16. The van der Waals surface area contributed by atoms with Crippen LogP contribution in [0.15, 0.2) is 18.2 Å². The van der Waals surface area contributed by atoms with E-state index in [0.29, 0.717) is 6.54 Å². The molecule has 0 spiro atoms. The third-order valence-corrected chi connectivity index (χ3v) is 2.85. The summed E-state index contributed by atoms with van der Waals surface area (Å²) in [5.41, 5.74) is 0.657. The fourth-order valence-corrected chi connectivity index (χ4v) is 1.95. The molecule has 0 amide bonds. The second-order valence-electron chi connectivity index (χ2n) is 4.11. The van der Waals surface area contributed by atoms with Crippen molar-refractivity contribution in [2.75, 3.05) is 26.2 Å². The van der Waals surface area contributed by atoms with E-state index in [2.05, 4.69) is 10.2 Å².